The number of carboxylic acid groups (broad SMARTS) is 1. The van der Waals surface area contributed by atoms with Gasteiger partial charge in [0.1, 0.15) is 6.61 Å². The van der Waals surface area contributed by atoms with Gasteiger partial charge in [0.25, 0.3) is 0 Å². The van der Waals surface area contributed by atoms with Gasteiger partial charge in [-0.1, -0.05) is 0 Å². The maximum atomic E-state index is 12.5. The lowest BCUT2D eigenvalue weighted by atomic mass is 10.1. The van der Waals surface area contributed by atoms with Gasteiger partial charge >= 0.3 is 17.9 Å². The molecule has 0 fully saturated rings. The van der Waals surface area contributed by atoms with Crippen LogP contribution in [0.25, 0.3) is 0 Å². The average molecular weight is 772 g/mol. The number of hydrogen-bond acceptors (Lipinski definition) is 7. The number of aromatic carboxylic acids is 1. The van der Waals surface area contributed by atoms with Crippen LogP contribution in [-0.2, 0) is 28.7 Å². The van der Waals surface area contributed by atoms with E-state index >= 15 is 0 Å². The first-order valence-corrected chi connectivity index (χ1v) is 11.8. The smallest absolute Gasteiger partial charge is 0.338 e. The minimum absolute atomic E-state index is 0.0874. The second-order valence-corrected chi connectivity index (χ2v) is 9.43. The van der Waals surface area contributed by atoms with Crippen molar-refractivity contribution in [3.05, 3.63) is 16.3 Å². The van der Waals surface area contributed by atoms with Gasteiger partial charge < -0.3 is 24.8 Å². The molecule has 0 aliphatic heterocycles. The molecule has 0 saturated heterocycles. The molecule has 1 rings (SSSR count). The highest BCUT2D eigenvalue weighted by Crippen LogP contribution is 2.41. The molecule has 10 nitrogen and oxygen atoms in total. The van der Waals surface area contributed by atoms with E-state index in [1.807, 2.05) is 67.8 Å². The van der Waals surface area contributed by atoms with Gasteiger partial charge in [0, 0.05) is 27.7 Å². The summed E-state index contributed by atoms with van der Waals surface area (Å²) in [6.07, 6.45) is -0.992. The Morgan fingerprint density at radius 3 is 1.97 bits per heavy atom. The lowest BCUT2D eigenvalue weighted by molar-refractivity contribution is -0.155. The van der Waals surface area contributed by atoms with Crippen molar-refractivity contribution in [2.75, 3.05) is 23.4 Å². The number of rotatable bonds is 8. The number of halogens is 3. The van der Waals surface area contributed by atoms with E-state index in [0.29, 0.717) is 7.14 Å². The minimum Gasteiger partial charge on any atom is -0.478 e. The molecular weight excluding hydrogens is 753 g/mol. The van der Waals surface area contributed by atoms with E-state index in [4.69, 9.17) is 9.47 Å². The second-order valence-electron chi connectivity index (χ2n) is 6.19. The summed E-state index contributed by atoms with van der Waals surface area (Å²) in [6, 6.07) is 0. The zero-order valence-electron chi connectivity index (χ0n) is 16.9. The quantitative estimate of drug-likeness (QED) is 0.304. The van der Waals surface area contributed by atoms with Crippen LogP contribution in [-0.4, -0.2) is 54.1 Å². The lowest BCUT2D eigenvalue weighted by Crippen LogP contribution is -2.41. The van der Waals surface area contributed by atoms with Crippen LogP contribution in [0.2, 0.25) is 0 Å². The van der Waals surface area contributed by atoms with Gasteiger partial charge in [-0.2, -0.15) is 0 Å². The third-order valence-corrected chi connectivity index (χ3v) is 6.83. The van der Waals surface area contributed by atoms with Crippen molar-refractivity contribution in [2.45, 2.75) is 33.8 Å². The molecule has 0 aliphatic rings. The van der Waals surface area contributed by atoms with E-state index < -0.39 is 35.8 Å². The van der Waals surface area contributed by atoms with Gasteiger partial charge in [0.2, 0.25) is 11.8 Å². The van der Waals surface area contributed by atoms with Gasteiger partial charge in [-0.3, -0.25) is 19.2 Å². The van der Waals surface area contributed by atoms with Gasteiger partial charge in [-0.15, -0.1) is 0 Å². The van der Waals surface area contributed by atoms with Gasteiger partial charge in [0.05, 0.1) is 34.2 Å². The molecule has 1 unspecified atom stereocenters. The Hall–Kier alpha value is -1.24. The summed E-state index contributed by atoms with van der Waals surface area (Å²) < 4.78 is 11.1. The van der Waals surface area contributed by atoms with E-state index in [2.05, 4.69) is 5.32 Å². The summed E-state index contributed by atoms with van der Waals surface area (Å²) in [5.74, 6) is -3.36. The molecule has 31 heavy (non-hydrogen) atoms. The van der Waals surface area contributed by atoms with E-state index in [1.54, 1.807) is 0 Å². The number of carboxylic acids is 1. The molecule has 2 N–H and O–H groups in total. The largest absolute Gasteiger partial charge is 0.478 e. The molecule has 0 saturated carbocycles. The Balaban J connectivity index is 3.66. The summed E-state index contributed by atoms with van der Waals surface area (Å²) in [7, 11) is 0. The average Bonchev–Trinajstić information content (AvgIpc) is 2.61. The van der Waals surface area contributed by atoms with E-state index in [0.717, 1.165) is 0 Å². The van der Waals surface area contributed by atoms with E-state index in [-0.39, 0.29) is 33.7 Å². The number of nitrogens with zero attached hydrogens (tertiary/aromatic N) is 1. The van der Waals surface area contributed by atoms with Crippen LogP contribution in [0.1, 0.15) is 38.1 Å². The van der Waals surface area contributed by atoms with Gasteiger partial charge in [-0.25, -0.2) is 4.79 Å². The maximum Gasteiger partial charge on any atom is 0.338 e. The fourth-order valence-corrected chi connectivity index (χ4v) is 6.99. The first kappa shape index (κ1) is 27.8. The predicted octanol–water partition coefficient (Wildman–Crippen LogP) is 3.00. The maximum absolute atomic E-state index is 12.5. The van der Waals surface area contributed by atoms with Crippen molar-refractivity contribution < 1.29 is 38.6 Å². The summed E-state index contributed by atoms with van der Waals surface area (Å²) in [5.41, 5.74) is 0.391. The summed E-state index contributed by atoms with van der Waals surface area (Å²) in [4.78, 5) is 60.1. The lowest BCUT2D eigenvalue weighted by Gasteiger charge is -2.29. The predicted molar refractivity (Wildman–Crippen MR) is 136 cm³/mol. The zero-order valence-corrected chi connectivity index (χ0v) is 23.4. The molecular formula is C18H19I3N2O8. The summed E-state index contributed by atoms with van der Waals surface area (Å²) in [5, 5.41) is 12.3. The Morgan fingerprint density at radius 1 is 0.968 bits per heavy atom. The van der Waals surface area contributed by atoms with Crippen molar-refractivity contribution in [1.82, 2.24) is 0 Å². The van der Waals surface area contributed by atoms with Crippen molar-refractivity contribution in [3.8, 4) is 0 Å². The number of carbonyl (C=O) groups excluding carboxylic acids is 4. The van der Waals surface area contributed by atoms with Crippen molar-refractivity contribution in [2.24, 2.45) is 0 Å². The molecule has 0 aromatic heterocycles. The molecule has 13 heteroatoms. The Kier molecular flexibility index (Phi) is 10.9. The van der Waals surface area contributed by atoms with Crippen molar-refractivity contribution in [3.63, 3.8) is 0 Å². The highest BCUT2D eigenvalue weighted by molar-refractivity contribution is 14.1. The summed E-state index contributed by atoms with van der Waals surface area (Å²) >= 11 is 5.56. The van der Waals surface area contributed by atoms with Crippen molar-refractivity contribution in [1.29, 1.82) is 0 Å². The number of anilines is 2. The molecule has 0 spiro atoms. The Bertz CT molecular complexity index is 935. The SMILES string of the molecule is CC(=O)Nc1c(I)c(C(=O)O)c(I)c(N(CC(COC(C)=O)OC(C)=O)C(C)=O)c1I. The topological polar surface area (TPSA) is 139 Å². The number of hydrogen-bond donors (Lipinski definition) is 2. The Labute approximate surface area is 219 Å². The number of nitrogens with one attached hydrogen (secondary N) is 1. The molecule has 0 heterocycles. The first-order chi connectivity index (χ1) is 14.3. The van der Waals surface area contributed by atoms with Crippen LogP contribution < -0.4 is 10.2 Å². The van der Waals surface area contributed by atoms with Crippen LogP contribution in [0.5, 0.6) is 0 Å². The van der Waals surface area contributed by atoms with E-state index in [9.17, 15) is 29.1 Å². The second kappa shape index (κ2) is 12.1. The molecule has 0 radical (unpaired) electrons. The number of esters is 2. The highest BCUT2D eigenvalue weighted by atomic mass is 127. The fraction of sp³-hybridized carbons (Fsp3) is 0.389. The van der Waals surface area contributed by atoms with Crippen LogP contribution in [0.4, 0.5) is 11.4 Å². The molecule has 0 bridgehead atoms. The molecule has 170 valence electrons. The third kappa shape index (κ3) is 7.69. The minimum atomic E-state index is -1.24. The molecule has 1 aromatic rings. The van der Waals surface area contributed by atoms with Crippen LogP contribution >= 0.6 is 67.8 Å². The molecule has 2 amide bonds. The zero-order chi connectivity index (χ0) is 24.0. The normalized spacial score (nSPS) is 11.3. The standard InChI is InChI=1S/C18H19I3N2O8/c1-7(24)22-16-13(19)12(18(28)29)14(20)17(15(16)21)23(8(2)25)5-11(31-10(4)27)6-30-9(3)26/h11H,5-6H2,1-4H3,(H,22,24)(H,28,29). The fourth-order valence-electron chi connectivity index (χ4n) is 2.51. The molecule has 1 aromatic carbocycles. The number of benzene rings is 1. The molecule has 1 atom stereocenters. The van der Waals surface area contributed by atoms with E-state index in [1.165, 1.54) is 32.6 Å². The van der Waals surface area contributed by atoms with Gasteiger partial charge in [0.15, 0.2) is 6.10 Å². The third-order valence-electron chi connectivity index (χ3n) is 3.65. The Morgan fingerprint density at radius 2 is 1.55 bits per heavy atom. The number of ether oxygens (including phenoxy) is 2. The summed E-state index contributed by atoms with van der Waals surface area (Å²) in [6.45, 7) is 4.42. The monoisotopic (exact) mass is 772 g/mol. The van der Waals surface area contributed by atoms with Crippen LogP contribution in [0, 0.1) is 10.7 Å². The van der Waals surface area contributed by atoms with Gasteiger partial charge in [-0.05, 0) is 67.8 Å². The van der Waals surface area contributed by atoms with Crippen molar-refractivity contribution >= 4 is 109 Å². The number of carbonyl (C=O) groups is 5. The number of amides is 2. The van der Waals surface area contributed by atoms with Crippen LogP contribution in [0.15, 0.2) is 0 Å². The first-order valence-electron chi connectivity index (χ1n) is 8.57. The molecule has 0 aliphatic carbocycles. The highest BCUT2D eigenvalue weighted by Gasteiger charge is 2.31. The van der Waals surface area contributed by atoms with Crippen LogP contribution in [0.3, 0.4) is 0 Å².